The Kier molecular flexibility index (Phi) is 3.83. The summed E-state index contributed by atoms with van der Waals surface area (Å²) in [7, 11) is 0. The zero-order valence-corrected chi connectivity index (χ0v) is 12.2. The standard InChI is InChI=1S/C15H14ClN5/c1-11-6-7-13(21-10-18-19-20-21)8-15(11)17-9-12-4-2-3-5-14(12)16/h2-8,10,17H,9H2,1H3. The molecule has 0 unspecified atom stereocenters. The number of anilines is 1. The Morgan fingerprint density at radius 2 is 2.05 bits per heavy atom. The van der Waals surface area contributed by atoms with Gasteiger partial charge in [0.25, 0.3) is 0 Å². The van der Waals surface area contributed by atoms with Gasteiger partial charge in [0.05, 0.1) is 5.69 Å². The molecule has 0 saturated heterocycles. The number of aryl methyl sites for hydroxylation is 1. The molecule has 0 spiro atoms. The summed E-state index contributed by atoms with van der Waals surface area (Å²) < 4.78 is 1.63. The van der Waals surface area contributed by atoms with Gasteiger partial charge in [-0.05, 0) is 46.7 Å². The lowest BCUT2D eigenvalue weighted by Gasteiger charge is -2.12. The van der Waals surface area contributed by atoms with E-state index in [1.165, 1.54) is 0 Å². The van der Waals surface area contributed by atoms with Gasteiger partial charge < -0.3 is 5.32 Å². The van der Waals surface area contributed by atoms with Crippen LogP contribution in [0.3, 0.4) is 0 Å². The number of hydrogen-bond donors (Lipinski definition) is 1. The molecule has 3 aromatic rings. The smallest absolute Gasteiger partial charge is 0.143 e. The normalized spacial score (nSPS) is 10.6. The number of nitrogens with one attached hydrogen (secondary N) is 1. The minimum atomic E-state index is 0.666. The Bertz CT molecular complexity index is 740. The van der Waals surface area contributed by atoms with Gasteiger partial charge in [0.15, 0.2) is 0 Å². The van der Waals surface area contributed by atoms with E-state index >= 15 is 0 Å². The SMILES string of the molecule is Cc1ccc(-n2cnnn2)cc1NCc1ccccc1Cl. The second-order valence-corrected chi connectivity index (χ2v) is 5.11. The van der Waals surface area contributed by atoms with Gasteiger partial charge in [-0.3, -0.25) is 0 Å². The molecule has 2 aromatic carbocycles. The van der Waals surface area contributed by atoms with Gasteiger partial charge >= 0.3 is 0 Å². The first-order valence-electron chi connectivity index (χ1n) is 6.55. The van der Waals surface area contributed by atoms with Crippen molar-refractivity contribution in [3.8, 4) is 5.69 Å². The molecule has 1 heterocycles. The van der Waals surface area contributed by atoms with E-state index in [9.17, 15) is 0 Å². The van der Waals surface area contributed by atoms with Gasteiger partial charge in [0.2, 0.25) is 0 Å². The van der Waals surface area contributed by atoms with Gasteiger partial charge in [0, 0.05) is 17.3 Å². The van der Waals surface area contributed by atoms with Crippen LogP contribution in [0.5, 0.6) is 0 Å². The Labute approximate surface area is 127 Å². The van der Waals surface area contributed by atoms with Gasteiger partial charge in [-0.2, -0.15) is 0 Å². The molecule has 21 heavy (non-hydrogen) atoms. The van der Waals surface area contributed by atoms with Crippen molar-refractivity contribution in [3.05, 3.63) is 64.9 Å². The highest BCUT2D eigenvalue weighted by Crippen LogP contribution is 2.21. The number of tetrazole rings is 1. The van der Waals surface area contributed by atoms with Crippen molar-refractivity contribution in [1.29, 1.82) is 0 Å². The van der Waals surface area contributed by atoms with Gasteiger partial charge in [-0.15, -0.1) is 5.10 Å². The van der Waals surface area contributed by atoms with Crippen molar-refractivity contribution in [2.75, 3.05) is 5.32 Å². The van der Waals surface area contributed by atoms with E-state index in [0.29, 0.717) is 6.54 Å². The van der Waals surface area contributed by atoms with E-state index in [0.717, 1.165) is 27.5 Å². The molecule has 0 saturated carbocycles. The monoisotopic (exact) mass is 299 g/mol. The molecule has 3 rings (SSSR count). The lowest BCUT2D eigenvalue weighted by molar-refractivity contribution is 0.789. The van der Waals surface area contributed by atoms with E-state index < -0.39 is 0 Å². The molecular weight excluding hydrogens is 286 g/mol. The highest BCUT2D eigenvalue weighted by atomic mass is 35.5. The predicted octanol–water partition coefficient (Wildman–Crippen LogP) is 3.24. The summed E-state index contributed by atoms with van der Waals surface area (Å²) in [4.78, 5) is 0. The molecule has 1 aromatic heterocycles. The molecule has 5 nitrogen and oxygen atoms in total. The quantitative estimate of drug-likeness (QED) is 0.803. The summed E-state index contributed by atoms with van der Waals surface area (Å²) >= 11 is 6.17. The third-order valence-corrected chi connectivity index (χ3v) is 3.63. The molecule has 0 amide bonds. The lowest BCUT2D eigenvalue weighted by Crippen LogP contribution is -2.03. The minimum Gasteiger partial charge on any atom is -0.381 e. The zero-order valence-electron chi connectivity index (χ0n) is 11.5. The fraction of sp³-hybridized carbons (Fsp3) is 0.133. The Hall–Kier alpha value is -2.40. The molecule has 6 heteroatoms. The summed E-state index contributed by atoms with van der Waals surface area (Å²) in [5, 5.41) is 15.4. The first-order chi connectivity index (χ1) is 10.2. The summed E-state index contributed by atoms with van der Waals surface area (Å²) in [5.74, 6) is 0. The van der Waals surface area contributed by atoms with Crippen LogP contribution in [0.4, 0.5) is 5.69 Å². The molecule has 0 atom stereocenters. The maximum atomic E-state index is 6.17. The van der Waals surface area contributed by atoms with Crippen LogP contribution in [0.25, 0.3) is 5.69 Å². The summed E-state index contributed by atoms with van der Waals surface area (Å²) in [5.41, 5.74) is 4.15. The van der Waals surface area contributed by atoms with E-state index in [1.54, 1.807) is 11.0 Å². The first-order valence-corrected chi connectivity index (χ1v) is 6.93. The van der Waals surface area contributed by atoms with E-state index in [-0.39, 0.29) is 0 Å². The first kappa shape index (κ1) is 13.6. The molecule has 0 fully saturated rings. The average molecular weight is 300 g/mol. The van der Waals surface area contributed by atoms with E-state index in [1.807, 2.05) is 42.5 Å². The number of halogens is 1. The number of aromatic nitrogens is 4. The van der Waals surface area contributed by atoms with Crippen molar-refractivity contribution >= 4 is 17.3 Å². The fourth-order valence-electron chi connectivity index (χ4n) is 2.05. The highest BCUT2D eigenvalue weighted by molar-refractivity contribution is 6.31. The summed E-state index contributed by atoms with van der Waals surface area (Å²) in [6.45, 7) is 2.72. The molecule has 0 aliphatic carbocycles. The minimum absolute atomic E-state index is 0.666. The van der Waals surface area contributed by atoms with E-state index in [2.05, 4.69) is 27.8 Å². The molecule has 1 N–H and O–H groups in total. The van der Waals surface area contributed by atoms with Crippen molar-refractivity contribution in [3.63, 3.8) is 0 Å². The van der Waals surface area contributed by atoms with E-state index in [4.69, 9.17) is 11.6 Å². The topological polar surface area (TPSA) is 55.6 Å². The van der Waals surface area contributed by atoms with Crippen molar-refractivity contribution in [2.24, 2.45) is 0 Å². The van der Waals surface area contributed by atoms with Crippen LogP contribution in [0, 0.1) is 6.92 Å². The Morgan fingerprint density at radius 1 is 1.19 bits per heavy atom. The zero-order chi connectivity index (χ0) is 14.7. The van der Waals surface area contributed by atoms with Gasteiger partial charge in [0.1, 0.15) is 6.33 Å². The Morgan fingerprint density at radius 3 is 2.81 bits per heavy atom. The summed E-state index contributed by atoms with van der Waals surface area (Å²) in [6, 6.07) is 13.8. The van der Waals surface area contributed by atoms with Gasteiger partial charge in [-0.1, -0.05) is 35.9 Å². The van der Waals surface area contributed by atoms with Gasteiger partial charge in [-0.25, -0.2) is 4.68 Å². The fourth-order valence-corrected chi connectivity index (χ4v) is 2.26. The molecule has 0 bridgehead atoms. The predicted molar refractivity (Wildman–Crippen MR) is 82.7 cm³/mol. The maximum absolute atomic E-state index is 6.17. The number of benzene rings is 2. The third-order valence-electron chi connectivity index (χ3n) is 3.26. The lowest BCUT2D eigenvalue weighted by atomic mass is 10.1. The van der Waals surface area contributed by atoms with Crippen LogP contribution in [0.1, 0.15) is 11.1 Å². The number of nitrogens with zero attached hydrogens (tertiary/aromatic N) is 4. The molecular formula is C15H14ClN5. The van der Waals surface area contributed by atoms with Crippen molar-refractivity contribution < 1.29 is 0 Å². The largest absolute Gasteiger partial charge is 0.381 e. The number of rotatable bonds is 4. The molecule has 106 valence electrons. The number of hydrogen-bond acceptors (Lipinski definition) is 4. The maximum Gasteiger partial charge on any atom is 0.143 e. The second kappa shape index (κ2) is 5.93. The van der Waals surface area contributed by atoms with Crippen LogP contribution in [0.15, 0.2) is 48.8 Å². The van der Waals surface area contributed by atoms with Crippen LogP contribution < -0.4 is 5.32 Å². The van der Waals surface area contributed by atoms with Crippen LogP contribution >= 0.6 is 11.6 Å². The second-order valence-electron chi connectivity index (χ2n) is 4.70. The van der Waals surface area contributed by atoms with Crippen LogP contribution in [0.2, 0.25) is 5.02 Å². The Balaban J connectivity index is 1.82. The molecule has 0 aliphatic rings. The highest BCUT2D eigenvalue weighted by Gasteiger charge is 2.04. The van der Waals surface area contributed by atoms with Crippen LogP contribution in [-0.4, -0.2) is 20.2 Å². The molecule has 0 radical (unpaired) electrons. The third kappa shape index (κ3) is 3.03. The average Bonchev–Trinajstić information content (AvgIpc) is 3.02. The van der Waals surface area contributed by atoms with Crippen molar-refractivity contribution in [2.45, 2.75) is 13.5 Å². The van der Waals surface area contributed by atoms with Crippen LogP contribution in [-0.2, 0) is 6.54 Å². The van der Waals surface area contributed by atoms with Crippen molar-refractivity contribution in [1.82, 2.24) is 20.2 Å². The summed E-state index contributed by atoms with van der Waals surface area (Å²) in [6.07, 6.45) is 1.57. The molecule has 0 aliphatic heterocycles.